The molecule has 1 aliphatic carbocycles. The Hall–Kier alpha value is -1.83. The Kier molecular flexibility index (Phi) is 6.17. The van der Waals surface area contributed by atoms with E-state index in [1.165, 1.54) is 6.07 Å². The van der Waals surface area contributed by atoms with Crippen LogP contribution < -0.4 is 10.6 Å². The average molecular weight is 398 g/mol. The van der Waals surface area contributed by atoms with Gasteiger partial charge in [0.2, 0.25) is 5.91 Å². The SMILES string of the molecule is CCCC[C@@H](C(N)=O)N(C)[C@H]1CC[C@@H]2CN(c3cccc(C(F)(F)F)n3)C[C@@H]21. The highest BCUT2D eigenvalue weighted by atomic mass is 19.4. The molecule has 0 unspecified atom stereocenters. The summed E-state index contributed by atoms with van der Waals surface area (Å²) in [4.78, 5) is 19.9. The summed E-state index contributed by atoms with van der Waals surface area (Å²) in [6, 6.07) is 3.99. The highest BCUT2D eigenvalue weighted by Gasteiger charge is 2.46. The number of anilines is 1. The molecule has 5 nitrogen and oxygen atoms in total. The van der Waals surface area contributed by atoms with E-state index in [4.69, 9.17) is 5.73 Å². The third kappa shape index (κ3) is 4.26. The summed E-state index contributed by atoms with van der Waals surface area (Å²) in [5, 5.41) is 0. The lowest BCUT2D eigenvalue weighted by Crippen LogP contribution is -2.49. The van der Waals surface area contributed by atoms with Crippen molar-refractivity contribution in [1.82, 2.24) is 9.88 Å². The number of unbranched alkanes of at least 4 members (excludes halogenated alkanes) is 1. The first-order valence-electron chi connectivity index (χ1n) is 10.0. The normalized spacial score (nSPS) is 25.9. The van der Waals surface area contributed by atoms with Crippen LogP contribution in [0.5, 0.6) is 0 Å². The van der Waals surface area contributed by atoms with Gasteiger partial charge in [-0.1, -0.05) is 25.8 Å². The van der Waals surface area contributed by atoms with E-state index in [9.17, 15) is 18.0 Å². The van der Waals surface area contributed by atoms with Crippen LogP contribution in [0.4, 0.5) is 19.0 Å². The zero-order valence-electron chi connectivity index (χ0n) is 16.5. The number of carbonyl (C=O) groups is 1. The van der Waals surface area contributed by atoms with E-state index >= 15 is 0 Å². The number of rotatable bonds is 7. The highest BCUT2D eigenvalue weighted by Crippen LogP contribution is 2.42. The fourth-order valence-electron chi connectivity index (χ4n) is 4.86. The van der Waals surface area contributed by atoms with Gasteiger partial charge < -0.3 is 10.6 Å². The number of carbonyl (C=O) groups excluding carboxylic acids is 1. The van der Waals surface area contributed by atoms with Crippen molar-refractivity contribution in [2.45, 2.75) is 57.3 Å². The van der Waals surface area contributed by atoms with Gasteiger partial charge in [-0.15, -0.1) is 0 Å². The van der Waals surface area contributed by atoms with Crippen LogP contribution in [0.3, 0.4) is 0 Å². The van der Waals surface area contributed by atoms with Crippen LogP contribution in [0, 0.1) is 11.8 Å². The molecule has 1 aromatic rings. The first-order chi connectivity index (χ1) is 13.2. The molecule has 2 heterocycles. The Morgan fingerprint density at radius 2 is 2.11 bits per heavy atom. The van der Waals surface area contributed by atoms with Gasteiger partial charge in [0.15, 0.2) is 0 Å². The van der Waals surface area contributed by atoms with E-state index in [1.54, 1.807) is 6.07 Å². The molecule has 156 valence electrons. The first kappa shape index (κ1) is 20.9. The third-order valence-corrected chi connectivity index (χ3v) is 6.34. The first-order valence-corrected chi connectivity index (χ1v) is 10.0. The number of alkyl halides is 3. The van der Waals surface area contributed by atoms with Crippen LogP contribution in [0.1, 0.15) is 44.7 Å². The predicted molar refractivity (Wildman–Crippen MR) is 102 cm³/mol. The molecular formula is C20H29F3N4O. The molecule has 0 aromatic carbocycles. The van der Waals surface area contributed by atoms with Crippen LogP contribution >= 0.6 is 0 Å². The summed E-state index contributed by atoms with van der Waals surface area (Å²) in [6.45, 7) is 3.45. The molecule has 28 heavy (non-hydrogen) atoms. The summed E-state index contributed by atoms with van der Waals surface area (Å²) in [7, 11) is 1.96. The summed E-state index contributed by atoms with van der Waals surface area (Å²) in [5.41, 5.74) is 4.79. The smallest absolute Gasteiger partial charge is 0.368 e. The molecule has 1 saturated heterocycles. The van der Waals surface area contributed by atoms with E-state index in [0.29, 0.717) is 30.7 Å². The van der Waals surface area contributed by atoms with Crippen molar-refractivity contribution in [3.05, 3.63) is 23.9 Å². The number of pyridine rings is 1. The lowest BCUT2D eigenvalue weighted by molar-refractivity contribution is -0.141. The van der Waals surface area contributed by atoms with Crippen LogP contribution in [-0.2, 0) is 11.0 Å². The van der Waals surface area contributed by atoms with Crippen molar-refractivity contribution in [2.24, 2.45) is 17.6 Å². The van der Waals surface area contributed by atoms with Crippen molar-refractivity contribution in [1.29, 1.82) is 0 Å². The van der Waals surface area contributed by atoms with Gasteiger partial charge in [0.1, 0.15) is 11.5 Å². The van der Waals surface area contributed by atoms with Crippen molar-refractivity contribution < 1.29 is 18.0 Å². The predicted octanol–water partition coefficient (Wildman–Crippen LogP) is 3.29. The maximum absolute atomic E-state index is 13.0. The quantitative estimate of drug-likeness (QED) is 0.766. The van der Waals surface area contributed by atoms with Gasteiger partial charge in [0.05, 0.1) is 6.04 Å². The van der Waals surface area contributed by atoms with Gasteiger partial charge in [-0.25, -0.2) is 4.98 Å². The van der Waals surface area contributed by atoms with Crippen molar-refractivity contribution in [3.63, 3.8) is 0 Å². The number of hydrogen-bond donors (Lipinski definition) is 1. The van der Waals surface area contributed by atoms with Crippen molar-refractivity contribution in [2.75, 3.05) is 25.0 Å². The number of likely N-dealkylation sites (N-methyl/N-ethyl adjacent to an activating group) is 1. The lowest BCUT2D eigenvalue weighted by atomic mass is 9.95. The second-order valence-electron chi connectivity index (χ2n) is 8.08. The summed E-state index contributed by atoms with van der Waals surface area (Å²) in [6.07, 6.45) is 0.250. The standard InChI is InChI=1S/C20H29F3N4O/c1-3-4-6-16(19(24)28)26(2)15-10-9-13-11-27(12-14(13)15)18-8-5-7-17(25-18)20(21,22)23/h5,7-8,13-16H,3-4,6,9-12H2,1-2H3,(H2,24,28)/t13-,14+,15+,16+/m1/s1. The van der Waals surface area contributed by atoms with Gasteiger partial charge in [0.25, 0.3) is 0 Å². The van der Waals surface area contributed by atoms with Gasteiger partial charge >= 0.3 is 6.18 Å². The molecule has 4 atom stereocenters. The molecule has 0 spiro atoms. The van der Waals surface area contributed by atoms with Gasteiger partial charge in [-0.3, -0.25) is 9.69 Å². The molecule has 2 fully saturated rings. The number of hydrogen-bond acceptors (Lipinski definition) is 4. The van der Waals surface area contributed by atoms with Crippen LogP contribution in [0.2, 0.25) is 0 Å². The van der Waals surface area contributed by atoms with E-state index < -0.39 is 11.9 Å². The molecule has 3 rings (SSSR count). The van der Waals surface area contributed by atoms with Crippen LogP contribution in [0.25, 0.3) is 0 Å². The second-order valence-corrected chi connectivity index (χ2v) is 8.08. The zero-order valence-corrected chi connectivity index (χ0v) is 16.5. The fraction of sp³-hybridized carbons (Fsp3) is 0.700. The molecule has 0 radical (unpaired) electrons. The summed E-state index contributed by atoms with van der Waals surface area (Å²) >= 11 is 0. The minimum atomic E-state index is -4.44. The van der Waals surface area contributed by atoms with Gasteiger partial charge in [0, 0.05) is 19.1 Å². The van der Waals surface area contributed by atoms with E-state index in [2.05, 4.69) is 16.8 Å². The van der Waals surface area contributed by atoms with Gasteiger partial charge in [-0.05, 0) is 50.3 Å². The zero-order chi connectivity index (χ0) is 20.5. The molecule has 1 saturated carbocycles. The van der Waals surface area contributed by atoms with Crippen LogP contribution in [0.15, 0.2) is 18.2 Å². The molecule has 1 amide bonds. The second kappa shape index (κ2) is 8.27. The number of nitrogens with zero attached hydrogens (tertiary/aromatic N) is 3. The Morgan fingerprint density at radius 3 is 2.75 bits per heavy atom. The van der Waals surface area contributed by atoms with E-state index in [0.717, 1.165) is 38.2 Å². The van der Waals surface area contributed by atoms with Crippen molar-refractivity contribution in [3.8, 4) is 0 Å². The Bertz CT molecular complexity index is 696. The minimum absolute atomic E-state index is 0.218. The number of amides is 1. The number of nitrogens with two attached hydrogens (primary N) is 1. The number of primary amides is 1. The topological polar surface area (TPSA) is 62.5 Å². The van der Waals surface area contributed by atoms with Crippen LogP contribution in [-0.4, -0.2) is 48.0 Å². The fourth-order valence-corrected chi connectivity index (χ4v) is 4.86. The maximum Gasteiger partial charge on any atom is 0.433 e. The Labute approximate surface area is 164 Å². The maximum atomic E-state index is 13.0. The van der Waals surface area contributed by atoms with Crippen molar-refractivity contribution >= 4 is 11.7 Å². The molecular weight excluding hydrogens is 369 g/mol. The molecule has 2 aliphatic rings. The molecule has 8 heteroatoms. The number of fused-ring (bicyclic) bond motifs is 1. The number of aromatic nitrogens is 1. The molecule has 1 aromatic heterocycles. The molecule has 0 bridgehead atoms. The van der Waals surface area contributed by atoms with E-state index in [1.807, 2.05) is 11.9 Å². The molecule has 2 N–H and O–H groups in total. The monoisotopic (exact) mass is 398 g/mol. The minimum Gasteiger partial charge on any atom is -0.368 e. The lowest BCUT2D eigenvalue weighted by Gasteiger charge is -2.34. The Morgan fingerprint density at radius 1 is 1.36 bits per heavy atom. The van der Waals surface area contributed by atoms with Gasteiger partial charge in [-0.2, -0.15) is 13.2 Å². The third-order valence-electron chi connectivity index (χ3n) is 6.34. The summed E-state index contributed by atoms with van der Waals surface area (Å²) in [5.74, 6) is 0.796. The van der Waals surface area contributed by atoms with E-state index in [-0.39, 0.29) is 18.0 Å². The highest BCUT2D eigenvalue weighted by molar-refractivity contribution is 5.79. The average Bonchev–Trinajstić information content (AvgIpc) is 3.21. The Balaban J connectivity index is 1.72. The number of halogens is 3. The largest absolute Gasteiger partial charge is 0.433 e. The molecule has 1 aliphatic heterocycles. The summed E-state index contributed by atoms with van der Waals surface area (Å²) < 4.78 is 39.0.